The Morgan fingerprint density at radius 1 is 1.24 bits per heavy atom. The van der Waals surface area contributed by atoms with E-state index in [1.54, 1.807) is 12.3 Å². The summed E-state index contributed by atoms with van der Waals surface area (Å²) in [5, 5.41) is 5.91. The number of carbonyl (C=O) groups excluding carboxylic acids is 2. The highest BCUT2D eigenvalue weighted by Crippen LogP contribution is 2.25. The first-order valence-electron chi connectivity index (χ1n) is 13.4. The molecule has 7 nitrogen and oxygen atoms in total. The number of aromatic amines is 1. The fraction of sp³-hybridized carbons (Fsp3) is 0.552. The summed E-state index contributed by atoms with van der Waals surface area (Å²) in [6.45, 7) is 15.1. The van der Waals surface area contributed by atoms with Gasteiger partial charge in [-0.1, -0.05) is 26.5 Å². The Morgan fingerprint density at radius 2 is 2.00 bits per heavy atom. The van der Waals surface area contributed by atoms with Crippen LogP contribution in [0.15, 0.2) is 36.7 Å². The van der Waals surface area contributed by atoms with Crippen LogP contribution < -0.4 is 10.6 Å². The second-order valence-electron chi connectivity index (χ2n) is 10.8. The third kappa shape index (κ3) is 7.91. The van der Waals surface area contributed by atoms with Gasteiger partial charge in [-0.15, -0.1) is 0 Å². The van der Waals surface area contributed by atoms with E-state index in [-0.39, 0.29) is 17.6 Å². The zero-order chi connectivity index (χ0) is 27.1. The number of hydrogen-bond acceptors (Lipinski definition) is 4. The number of carbonyl (C=O) groups is 2. The molecule has 1 aliphatic rings. The third-order valence-electron chi connectivity index (χ3n) is 7.03. The maximum absolute atomic E-state index is 14.4. The second kappa shape index (κ2) is 12.9. The van der Waals surface area contributed by atoms with E-state index in [1.165, 1.54) is 12.5 Å². The zero-order valence-electron chi connectivity index (χ0n) is 22.9. The highest BCUT2D eigenvalue weighted by atomic mass is 19.1. The number of piperidine rings is 1. The van der Waals surface area contributed by atoms with Crippen molar-refractivity contribution < 1.29 is 14.0 Å². The van der Waals surface area contributed by atoms with E-state index in [2.05, 4.69) is 52.9 Å². The molecule has 3 N–H and O–H groups in total. The number of likely N-dealkylation sites (tertiary alicyclic amines) is 1. The summed E-state index contributed by atoms with van der Waals surface area (Å²) in [6.07, 6.45) is 6.41. The van der Waals surface area contributed by atoms with Gasteiger partial charge < -0.3 is 20.5 Å². The molecule has 1 aromatic carbocycles. The molecule has 3 rings (SSSR count). The average Bonchev–Trinajstić information content (AvgIpc) is 3.32. The van der Waals surface area contributed by atoms with Gasteiger partial charge in [-0.25, -0.2) is 9.37 Å². The van der Waals surface area contributed by atoms with E-state index in [9.17, 15) is 14.0 Å². The van der Waals surface area contributed by atoms with Crippen molar-refractivity contribution in [2.75, 3.05) is 6.54 Å². The number of amides is 2. The fourth-order valence-corrected chi connectivity index (χ4v) is 4.73. The lowest BCUT2D eigenvalue weighted by Gasteiger charge is -2.37. The Hall–Kier alpha value is -3.16. The number of nitrogens with one attached hydrogen (secondary N) is 3. The van der Waals surface area contributed by atoms with Crippen LogP contribution in [-0.4, -0.2) is 45.3 Å². The molecule has 202 valence electrons. The number of hydrogen-bond donors (Lipinski definition) is 3. The summed E-state index contributed by atoms with van der Waals surface area (Å²) in [5.74, 6) is 0.138. The van der Waals surface area contributed by atoms with Gasteiger partial charge >= 0.3 is 0 Å². The van der Waals surface area contributed by atoms with Gasteiger partial charge in [0, 0.05) is 36.7 Å². The lowest BCUT2D eigenvalue weighted by molar-refractivity contribution is -0.129. The summed E-state index contributed by atoms with van der Waals surface area (Å²) < 4.78 is 14.4. The summed E-state index contributed by atoms with van der Waals surface area (Å²) in [7, 11) is 0. The molecule has 1 aliphatic heterocycles. The van der Waals surface area contributed by atoms with Crippen molar-refractivity contribution in [3.8, 4) is 11.3 Å². The normalized spacial score (nSPS) is 17.4. The van der Waals surface area contributed by atoms with Crippen LogP contribution in [0, 0.1) is 18.7 Å². The molecule has 1 saturated heterocycles. The van der Waals surface area contributed by atoms with E-state index >= 15 is 0 Å². The van der Waals surface area contributed by atoms with Gasteiger partial charge in [-0.05, 0) is 70.1 Å². The van der Waals surface area contributed by atoms with Gasteiger partial charge in [0.15, 0.2) is 0 Å². The van der Waals surface area contributed by atoms with Crippen LogP contribution in [0.2, 0.25) is 0 Å². The summed E-state index contributed by atoms with van der Waals surface area (Å²) in [4.78, 5) is 35.8. The van der Waals surface area contributed by atoms with Crippen LogP contribution >= 0.6 is 0 Å². The molecule has 0 unspecified atom stereocenters. The quantitative estimate of drug-likeness (QED) is 0.377. The van der Waals surface area contributed by atoms with E-state index in [1.807, 2.05) is 19.9 Å². The molecule has 0 spiro atoms. The lowest BCUT2D eigenvalue weighted by Crippen LogP contribution is -2.49. The molecule has 0 radical (unpaired) electrons. The highest BCUT2D eigenvalue weighted by Gasteiger charge is 2.28. The molecule has 2 amide bonds. The molecule has 8 heteroatoms. The summed E-state index contributed by atoms with van der Waals surface area (Å²) >= 11 is 0. The molecule has 2 aromatic rings. The van der Waals surface area contributed by atoms with Crippen molar-refractivity contribution in [3.63, 3.8) is 0 Å². The Morgan fingerprint density at radius 3 is 2.68 bits per heavy atom. The Labute approximate surface area is 220 Å². The molecule has 0 saturated carbocycles. The average molecular weight is 512 g/mol. The van der Waals surface area contributed by atoms with E-state index in [4.69, 9.17) is 0 Å². The third-order valence-corrected chi connectivity index (χ3v) is 7.03. The van der Waals surface area contributed by atoms with Crippen LogP contribution in [0.1, 0.15) is 83.6 Å². The van der Waals surface area contributed by atoms with Crippen LogP contribution in [0.25, 0.3) is 11.3 Å². The van der Waals surface area contributed by atoms with Gasteiger partial charge in [-0.2, -0.15) is 0 Å². The summed E-state index contributed by atoms with van der Waals surface area (Å²) in [6, 6.07) is 4.18. The molecule has 0 aliphatic carbocycles. The number of aromatic nitrogens is 2. The fourth-order valence-electron chi connectivity index (χ4n) is 4.73. The Balaban J connectivity index is 1.70. The van der Waals surface area contributed by atoms with Gasteiger partial charge in [0.05, 0.1) is 17.9 Å². The van der Waals surface area contributed by atoms with Crippen molar-refractivity contribution >= 4 is 11.8 Å². The number of H-pyrrole nitrogens is 1. The van der Waals surface area contributed by atoms with E-state index in [0.717, 1.165) is 37.1 Å². The van der Waals surface area contributed by atoms with Gasteiger partial charge in [0.2, 0.25) is 11.8 Å². The number of rotatable bonds is 11. The molecule has 1 aromatic heterocycles. The first-order valence-corrected chi connectivity index (χ1v) is 13.4. The number of imidazole rings is 1. The standard InChI is InChI=1S/C29H42FN5O2/c1-18(2)10-13-27(36)33-25(16-21(5)35-14-8-7-9-20(35)4)29(37)32-22(6)28-31-17-26(34-28)23-12-11-19(3)15-24(23)30/h11-12,15,17-18,20,22,25H,5,7-10,13-14,16H2,1-4,6H3,(H,31,34)(H,32,37)(H,33,36)/t20-,22+,25+/m1/s1. The number of benzene rings is 1. The predicted octanol–water partition coefficient (Wildman–Crippen LogP) is 5.40. The van der Waals surface area contributed by atoms with E-state index < -0.39 is 12.1 Å². The first kappa shape index (κ1) is 28.4. The topological polar surface area (TPSA) is 90.1 Å². The largest absolute Gasteiger partial charge is 0.373 e. The molecule has 0 bridgehead atoms. The lowest BCUT2D eigenvalue weighted by atomic mass is 10.0. The van der Waals surface area contributed by atoms with Crippen LogP contribution in [-0.2, 0) is 9.59 Å². The second-order valence-corrected chi connectivity index (χ2v) is 10.8. The zero-order valence-corrected chi connectivity index (χ0v) is 22.9. The van der Waals surface area contributed by atoms with Gasteiger partial charge in [0.25, 0.3) is 0 Å². The number of halogens is 1. The maximum atomic E-state index is 14.4. The number of nitrogens with zero attached hydrogens (tertiary/aromatic N) is 2. The number of aryl methyl sites for hydroxylation is 1. The minimum atomic E-state index is -0.743. The Kier molecular flexibility index (Phi) is 9.89. The minimum absolute atomic E-state index is 0.142. The SMILES string of the molecule is C=C(C[C@H](NC(=O)CCC(C)C)C(=O)N[C@@H](C)c1ncc(-c2ccc(C)cc2F)[nH]1)N1CCCC[C@H]1C. The molecule has 2 heterocycles. The first-order chi connectivity index (χ1) is 17.5. The molecule has 1 fully saturated rings. The monoisotopic (exact) mass is 511 g/mol. The van der Waals surface area contributed by atoms with E-state index in [0.29, 0.717) is 41.9 Å². The highest BCUT2D eigenvalue weighted by molar-refractivity contribution is 5.88. The Bertz CT molecular complexity index is 1100. The smallest absolute Gasteiger partial charge is 0.243 e. The van der Waals surface area contributed by atoms with Gasteiger partial charge in [-0.3, -0.25) is 9.59 Å². The van der Waals surface area contributed by atoms with Crippen molar-refractivity contribution in [2.45, 2.75) is 91.3 Å². The van der Waals surface area contributed by atoms with Gasteiger partial charge in [0.1, 0.15) is 17.7 Å². The van der Waals surface area contributed by atoms with Crippen LogP contribution in [0.3, 0.4) is 0 Å². The molecule has 3 atom stereocenters. The van der Waals surface area contributed by atoms with Crippen molar-refractivity contribution in [1.82, 2.24) is 25.5 Å². The predicted molar refractivity (Wildman–Crippen MR) is 145 cm³/mol. The molecular formula is C29H42FN5O2. The van der Waals surface area contributed by atoms with Crippen LogP contribution in [0.4, 0.5) is 4.39 Å². The molecular weight excluding hydrogens is 469 g/mol. The summed E-state index contributed by atoms with van der Waals surface area (Å²) in [5.41, 5.74) is 2.66. The van der Waals surface area contributed by atoms with Crippen LogP contribution in [0.5, 0.6) is 0 Å². The molecule has 37 heavy (non-hydrogen) atoms. The minimum Gasteiger partial charge on any atom is -0.373 e. The van der Waals surface area contributed by atoms with Crippen molar-refractivity contribution in [3.05, 3.63) is 53.9 Å². The maximum Gasteiger partial charge on any atom is 0.243 e. The van der Waals surface area contributed by atoms with Crippen molar-refractivity contribution in [2.24, 2.45) is 5.92 Å². The van der Waals surface area contributed by atoms with Crippen molar-refractivity contribution in [1.29, 1.82) is 0 Å².